The molecule has 0 N–H and O–H groups in total. The van der Waals surface area contributed by atoms with E-state index in [0.717, 1.165) is 5.82 Å². The molecule has 0 fully saturated rings. The Morgan fingerprint density at radius 2 is 1.94 bits per heavy atom. The number of rotatable bonds is 0. The van der Waals surface area contributed by atoms with E-state index < -0.39 is 0 Å². The maximum absolute atomic E-state index is 12.4. The van der Waals surface area contributed by atoms with Crippen LogP contribution in [-0.2, 0) is 4.79 Å². The van der Waals surface area contributed by atoms with E-state index in [9.17, 15) is 4.79 Å². The maximum Gasteiger partial charge on any atom is 0.195 e. The minimum atomic E-state index is -0.126. The molecule has 0 unspecified atom stereocenters. The molecule has 3 nitrogen and oxygen atoms in total. The van der Waals surface area contributed by atoms with E-state index in [1.165, 1.54) is 0 Å². The van der Waals surface area contributed by atoms with Gasteiger partial charge in [0.1, 0.15) is 5.82 Å². The number of hydrogen-bond acceptors (Lipinski definition) is 3. The van der Waals surface area contributed by atoms with Crippen molar-refractivity contribution in [2.45, 2.75) is 6.92 Å². The van der Waals surface area contributed by atoms with Gasteiger partial charge in [-0.1, -0.05) is 23.2 Å². The quantitative estimate of drug-likeness (QED) is 0.683. The first kappa shape index (κ1) is 13.2. The number of allylic oxidation sites excluding steroid dienone is 5. The molecule has 18 heavy (non-hydrogen) atoms. The van der Waals surface area contributed by atoms with Crippen LogP contribution in [0.5, 0.6) is 0 Å². The highest BCUT2D eigenvalue weighted by Crippen LogP contribution is 2.32. The standard InChI is InChI=1S/C13H14Cl2N2O/c1-8-9(14)4-6-16(2)13-11(12(8)18)10(15)5-7-17(13)3/h4-6H,7H2,1-3H3/b6-4-,9-8-. The second kappa shape index (κ2) is 4.82. The highest BCUT2D eigenvalue weighted by molar-refractivity contribution is 6.39. The fraction of sp³-hybridized carbons (Fsp3) is 0.308. The van der Waals surface area contributed by atoms with Crippen LogP contribution in [0.25, 0.3) is 0 Å². The molecule has 0 atom stereocenters. The molecule has 5 heteroatoms. The number of ketones is 1. The van der Waals surface area contributed by atoms with Crippen molar-refractivity contribution in [3.05, 3.63) is 45.4 Å². The monoisotopic (exact) mass is 284 g/mol. The van der Waals surface area contributed by atoms with Gasteiger partial charge in [-0.15, -0.1) is 0 Å². The second-order valence-electron chi connectivity index (χ2n) is 4.36. The first-order chi connectivity index (χ1) is 8.43. The van der Waals surface area contributed by atoms with Gasteiger partial charge in [-0.25, -0.2) is 0 Å². The summed E-state index contributed by atoms with van der Waals surface area (Å²) < 4.78 is 0. The van der Waals surface area contributed by atoms with E-state index in [-0.39, 0.29) is 5.78 Å². The van der Waals surface area contributed by atoms with Gasteiger partial charge in [0.2, 0.25) is 0 Å². The van der Waals surface area contributed by atoms with E-state index in [1.54, 1.807) is 13.0 Å². The van der Waals surface area contributed by atoms with Gasteiger partial charge in [0.15, 0.2) is 5.78 Å². The second-order valence-corrected chi connectivity index (χ2v) is 5.17. The maximum atomic E-state index is 12.4. The number of nitrogens with zero attached hydrogens (tertiary/aromatic N) is 2. The Morgan fingerprint density at radius 3 is 2.61 bits per heavy atom. The van der Waals surface area contributed by atoms with Crippen molar-refractivity contribution < 1.29 is 4.79 Å². The summed E-state index contributed by atoms with van der Waals surface area (Å²) in [5, 5.41) is 0.926. The van der Waals surface area contributed by atoms with Crippen LogP contribution in [0.2, 0.25) is 0 Å². The van der Waals surface area contributed by atoms with E-state index in [4.69, 9.17) is 23.2 Å². The molecule has 0 amide bonds. The van der Waals surface area contributed by atoms with Crippen molar-refractivity contribution in [3.63, 3.8) is 0 Å². The predicted molar refractivity (Wildman–Crippen MR) is 74.1 cm³/mol. The summed E-state index contributed by atoms with van der Waals surface area (Å²) in [6.07, 6.45) is 5.39. The van der Waals surface area contributed by atoms with Gasteiger partial charge < -0.3 is 9.80 Å². The Balaban J connectivity index is 2.68. The molecule has 2 rings (SSSR count). The molecule has 0 saturated heterocycles. The van der Waals surface area contributed by atoms with E-state index in [1.807, 2.05) is 36.2 Å². The van der Waals surface area contributed by atoms with E-state index in [2.05, 4.69) is 0 Å². The lowest BCUT2D eigenvalue weighted by Crippen LogP contribution is -2.34. The van der Waals surface area contributed by atoms with Gasteiger partial charge in [-0.2, -0.15) is 0 Å². The average molecular weight is 285 g/mol. The van der Waals surface area contributed by atoms with Gasteiger partial charge in [0.05, 0.1) is 10.6 Å². The first-order valence-electron chi connectivity index (χ1n) is 5.57. The number of carbonyl (C=O) groups is 1. The number of hydrogen-bond donors (Lipinski definition) is 0. The summed E-state index contributed by atoms with van der Waals surface area (Å²) in [7, 11) is 3.80. The van der Waals surface area contributed by atoms with Gasteiger partial charge in [-0.3, -0.25) is 4.79 Å². The number of halogens is 2. The summed E-state index contributed by atoms with van der Waals surface area (Å²) in [4.78, 5) is 16.3. The fourth-order valence-corrected chi connectivity index (χ4v) is 2.41. The van der Waals surface area contributed by atoms with Crippen LogP contribution < -0.4 is 0 Å². The summed E-state index contributed by atoms with van der Waals surface area (Å²) in [6.45, 7) is 2.39. The molecular weight excluding hydrogens is 271 g/mol. The van der Waals surface area contributed by atoms with Crippen LogP contribution in [0.15, 0.2) is 45.4 Å². The van der Waals surface area contributed by atoms with Gasteiger partial charge >= 0.3 is 0 Å². The summed E-state index contributed by atoms with van der Waals surface area (Å²) >= 11 is 12.3. The van der Waals surface area contributed by atoms with Crippen LogP contribution in [0, 0.1) is 0 Å². The third-order valence-electron chi connectivity index (χ3n) is 3.07. The minimum Gasteiger partial charge on any atom is -0.357 e. The number of likely N-dealkylation sites (N-methyl/N-ethyl adjacent to an activating group) is 1. The molecular formula is C13H14Cl2N2O. The molecule has 0 saturated carbocycles. The van der Waals surface area contributed by atoms with E-state index in [0.29, 0.717) is 27.8 Å². The van der Waals surface area contributed by atoms with Crippen molar-refractivity contribution in [1.29, 1.82) is 0 Å². The smallest absolute Gasteiger partial charge is 0.195 e. The van der Waals surface area contributed by atoms with Crippen molar-refractivity contribution in [1.82, 2.24) is 9.80 Å². The van der Waals surface area contributed by atoms with Crippen molar-refractivity contribution >= 4 is 29.0 Å². The lowest BCUT2D eigenvalue weighted by Gasteiger charge is -2.34. The average Bonchev–Trinajstić information content (AvgIpc) is 2.35. The SMILES string of the molecule is C/C1=C(Cl)\C=C/N(C)C2=C(C1=O)C(Cl)=CCN2C. The zero-order chi connectivity index (χ0) is 13.4. The summed E-state index contributed by atoms with van der Waals surface area (Å²) in [5.74, 6) is 0.672. The molecule has 0 aromatic heterocycles. The molecule has 2 aliphatic rings. The zero-order valence-electron chi connectivity index (χ0n) is 10.5. The largest absolute Gasteiger partial charge is 0.357 e. The van der Waals surface area contributed by atoms with Gasteiger partial charge in [0, 0.05) is 37.4 Å². The van der Waals surface area contributed by atoms with Crippen LogP contribution in [0.1, 0.15) is 6.92 Å². The fourth-order valence-electron chi connectivity index (χ4n) is 2.03. The number of Topliss-reactive ketones (excluding diaryl/α,β-unsaturated/α-hetero) is 1. The molecule has 2 heterocycles. The Labute approximate surface area is 117 Å². The first-order valence-corrected chi connectivity index (χ1v) is 6.32. The zero-order valence-corrected chi connectivity index (χ0v) is 12.0. The van der Waals surface area contributed by atoms with Crippen molar-refractivity contribution in [2.24, 2.45) is 0 Å². The molecule has 0 radical (unpaired) electrons. The topological polar surface area (TPSA) is 23.6 Å². The minimum absolute atomic E-state index is 0.126. The molecule has 0 aromatic carbocycles. The van der Waals surface area contributed by atoms with Gasteiger partial charge in [0.25, 0.3) is 0 Å². The van der Waals surface area contributed by atoms with Crippen LogP contribution >= 0.6 is 23.2 Å². The summed E-state index contributed by atoms with van der Waals surface area (Å²) in [6, 6.07) is 0. The normalized spacial score (nSPS) is 26.7. The van der Waals surface area contributed by atoms with Crippen molar-refractivity contribution in [2.75, 3.05) is 20.6 Å². The Morgan fingerprint density at radius 1 is 1.28 bits per heavy atom. The molecule has 0 aliphatic carbocycles. The Hall–Kier alpha value is -1.19. The number of carbonyl (C=O) groups excluding carboxylic acids is 1. The predicted octanol–water partition coefficient (Wildman–Crippen LogP) is 2.81. The molecule has 0 aromatic rings. The van der Waals surface area contributed by atoms with Crippen molar-refractivity contribution in [3.8, 4) is 0 Å². The highest BCUT2D eigenvalue weighted by Gasteiger charge is 2.29. The van der Waals surface area contributed by atoms with Crippen LogP contribution in [-0.4, -0.2) is 36.2 Å². The van der Waals surface area contributed by atoms with Crippen LogP contribution in [0.3, 0.4) is 0 Å². The summed E-state index contributed by atoms with van der Waals surface area (Å²) in [5.41, 5.74) is 1.02. The highest BCUT2D eigenvalue weighted by atomic mass is 35.5. The van der Waals surface area contributed by atoms with Gasteiger partial charge in [-0.05, 0) is 19.1 Å². The molecule has 0 spiro atoms. The van der Waals surface area contributed by atoms with E-state index >= 15 is 0 Å². The Kier molecular flexibility index (Phi) is 3.55. The molecule has 0 bridgehead atoms. The lowest BCUT2D eigenvalue weighted by atomic mass is 10.00. The molecule has 2 aliphatic heterocycles. The lowest BCUT2D eigenvalue weighted by molar-refractivity contribution is -0.112. The third kappa shape index (κ3) is 2.08. The van der Waals surface area contributed by atoms with Crippen LogP contribution in [0.4, 0.5) is 0 Å². The Bertz CT molecular complexity index is 529. The molecule has 96 valence electrons. The third-order valence-corrected chi connectivity index (χ3v) is 3.83.